The van der Waals surface area contributed by atoms with Gasteiger partial charge in [-0.15, -0.1) is 0 Å². The number of rotatable bonds is 4. The number of aromatic nitrogens is 1. The highest BCUT2D eigenvalue weighted by atomic mass is 15.1. The molecule has 0 radical (unpaired) electrons. The third-order valence-corrected chi connectivity index (χ3v) is 4.90. The summed E-state index contributed by atoms with van der Waals surface area (Å²) in [5, 5.41) is 7.84. The van der Waals surface area contributed by atoms with E-state index >= 15 is 0 Å². The van der Waals surface area contributed by atoms with Crippen LogP contribution in [0.4, 0.5) is 0 Å². The molecule has 0 aliphatic carbocycles. The number of nitrogens with zero attached hydrogens (tertiary/aromatic N) is 2. The van der Waals surface area contributed by atoms with Crippen molar-refractivity contribution in [1.29, 1.82) is 0 Å². The Labute approximate surface area is 157 Å². The second-order valence-electron chi connectivity index (χ2n) is 6.80. The molecule has 2 aliphatic rings. The maximum absolute atomic E-state index is 4.50. The van der Waals surface area contributed by atoms with Crippen molar-refractivity contribution in [3.63, 3.8) is 0 Å². The van der Waals surface area contributed by atoms with Crippen molar-refractivity contribution in [2.24, 2.45) is 9.98 Å². The summed E-state index contributed by atoms with van der Waals surface area (Å²) in [4.78, 5) is 12.4. The summed E-state index contributed by atoms with van der Waals surface area (Å²) in [6, 6.07) is 17.1. The summed E-state index contributed by atoms with van der Waals surface area (Å²) in [5.74, 6) is 1.99. The van der Waals surface area contributed by atoms with E-state index in [1.165, 1.54) is 10.9 Å². The van der Waals surface area contributed by atoms with E-state index in [0.717, 1.165) is 60.2 Å². The van der Waals surface area contributed by atoms with Gasteiger partial charge in [0.25, 0.3) is 0 Å². The SMILES string of the molecule is C(=C\c1cc2ccc(C3=NCCN3)cc2[nH]1)/c1ccc(C2=NCCN2)cc1. The van der Waals surface area contributed by atoms with Crippen LogP contribution < -0.4 is 10.6 Å². The van der Waals surface area contributed by atoms with E-state index in [1.54, 1.807) is 0 Å². The summed E-state index contributed by atoms with van der Waals surface area (Å²) < 4.78 is 0. The quantitative estimate of drug-likeness (QED) is 0.673. The van der Waals surface area contributed by atoms with E-state index < -0.39 is 0 Å². The minimum Gasteiger partial charge on any atom is -0.368 e. The Bertz CT molecular complexity index is 1070. The second-order valence-corrected chi connectivity index (χ2v) is 6.80. The average molecular weight is 355 g/mol. The van der Waals surface area contributed by atoms with Gasteiger partial charge in [0.15, 0.2) is 0 Å². The molecule has 0 saturated carbocycles. The molecule has 3 N–H and O–H groups in total. The van der Waals surface area contributed by atoms with E-state index in [2.05, 4.69) is 86.3 Å². The topological polar surface area (TPSA) is 64.6 Å². The van der Waals surface area contributed by atoms with Gasteiger partial charge in [-0.05, 0) is 23.8 Å². The van der Waals surface area contributed by atoms with Crippen LogP contribution in [0.15, 0.2) is 58.5 Å². The van der Waals surface area contributed by atoms with Crippen LogP contribution >= 0.6 is 0 Å². The van der Waals surface area contributed by atoms with Gasteiger partial charge in [0.1, 0.15) is 11.7 Å². The highest BCUT2D eigenvalue weighted by Crippen LogP contribution is 2.20. The lowest BCUT2D eigenvalue weighted by atomic mass is 10.1. The highest BCUT2D eigenvalue weighted by molar-refractivity contribution is 6.02. The smallest absolute Gasteiger partial charge is 0.128 e. The molecule has 5 heteroatoms. The van der Waals surface area contributed by atoms with Gasteiger partial charge >= 0.3 is 0 Å². The van der Waals surface area contributed by atoms with Crippen LogP contribution in [0.1, 0.15) is 22.4 Å². The molecule has 2 aromatic carbocycles. The van der Waals surface area contributed by atoms with E-state index in [-0.39, 0.29) is 0 Å². The van der Waals surface area contributed by atoms with Gasteiger partial charge in [0, 0.05) is 40.8 Å². The number of nitrogens with one attached hydrogen (secondary N) is 3. The Hall–Kier alpha value is -3.34. The van der Waals surface area contributed by atoms with E-state index in [1.807, 2.05) is 0 Å². The Kier molecular flexibility index (Phi) is 3.98. The zero-order valence-corrected chi connectivity index (χ0v) is 15.0. The first-order valence-electron chi connectivity index (χ1n) is 9.33. The third-order valence-electron chi connectivity index (χ3n) is 4.90. The summed E-state index contributed by atoms with van der Waals surface area (Å²) in [6.45, 7) is 3.58. The maximum atomic E-state index is 4.50. The molecular formula is C22H21N5. The van der Waals surface area contributed by atoms with Crippen LogP contribution in [0.5, 0.6) is 0 Å². The molecule has 0 amide bonds. The van der Waals surface area contributed by atoms with E-state index in [0.29, 0.717) is 0 Å². The summed E-state index contributed by atoms with van der Waals surface area (Å²) >= 11 is 0. The van der Waals surface area contributed by atoms with Crippen molar-refractivity contribution in [2.75, 3.05) is 26.2 Å². The summed E-state index contributed by atoms with van der Waals surface area (Å²) in [7, 11) is 0. The van der Waals surface area contributed by atoms with Crippen molar-refractivity contribution in [3.8, 4) is 0 Å². The number of hydrogen-bond acceptors (Lipinski definition) is 4. The van der Waals surface area contributed by atoms with E-state index in [4.69, 9.17) is 0 Å². The fourth-order valence-corrected chi connectivity index (χ4v) is 3.51. The average Bonchev–Trinajstić information content (AvgIpc) is 3.47. The van der Waals surface area contributed by atoms with Gasteiger partial charge in [-0.2, -0.15) is 0 Å². The number of fused-ring (bicyclic) bond motifs is 1. The molecule has 0 bridgehead atoms. The largest absolute Gasteiger partial charge is 0.368 e. The van der Waals surface area contributed by atoms with Crippen LogP contribution in [0.25, 0.3) is 23.1 Å². The maximum Gasteiger partial charge on any atom is 0.128 e. The summed E-state index contributed by atoms with van der Waals surface area (Å²) in [6.07, 6.45) is 4.24. The lowest BCUT2D eigenvalue weighted by Crippen LogP contribution is -2.19. The van der Waals surface area contributed by atoms with Gasteiger partial charge < -0.3 is 15.6 Å². The molecule has 27 heavy (non-hydrogen) atoms. The van der Waals surface area contributed by atoms with Crippen molar-refractivity contribution in [3.05, 3.63) is 70.9 Å². The number of hydrogen-bond donors (Lipinski definition) is 3. The first-order chi connectivity index (χ1) is 13.3. The Morgan fingerprint density at radius 3 is 2.15 bits per heavy atom. The Morgan fingerprint density at radius 1 is 0.741 bits per heavy atom. The number of aromatic amines is 1. The molecule has 134 valence electrons. The predicted molar refractivity (Wildman–Crippen MR) is 112 cm³/mol. The predicted octanol–water partition coefficient (Wildman–Crippen LogP) is 3.04. The lowest BCUT2D eigenvalue weighted by Gasteiger charge is -2.02. The van der Waals surface area contributed by atoms with Gasteiger partial charge in [-0.1, -0.05) is 42.5 Å². The zero-order chi connectivity index (χ0) is 18.1. The van der Waals surface area contributed by atoms with Gasteiger partial charge in [0.2, 0.25) is 0 Å². The standard InChI is InChI=1S/C22H21N5/c1-4-16(21-23-9-10-24-21)5-2-15(1)3-8-19-13-17-6-7-18(14-20(17)27-19)22-25-11-12-26-22/h1-8,13-14,27H,9-12H2,(H,23,24)(H,25,26)/b8-3+. The molecule has 0 atom stereocenters. The fourth-order valence-electron chi connectivity index (χ4n) is 3.51. The molecule has 0 unspecified atom stereocenters. The molecule has 0 spiro atoms. The molecule has 0 saturated heterocycles. The number of aliphatic imine (C=N–C) groups is 2. The van der Waals surface area contributed by atoms with Gasteiger partial charge in [0.05, 0.1) is 13.1 Å². The molecule has 0 fully saturated rings. The van der Waals surface area contributed by atoms with Crippen LogP contribution in [0, 0.1) is 0 Å². The van der Waals surface area contributed by atoms with Crippen LogP contribution in [-0.4, -0.2) is 42.8 Å². The second kappa shape index (κ2) is 6.76. The normalized spacial score (nSPS) is 16.4. The Morgan fingerprint density at radius 2 is 1.44 bits per heavy atom. The lowest BCUT2D eigenvalue weighted by molar-refractivity contribution is 0.960. The first kappa shape index (κ1) is 15.9. The van der Waals surface area contributed by atoms with Crippen LogP contribution in [0.2, 0.25) is 0 Å². The monoisotopic (exact) mass is 355 g/mol. The molecule has 5 rings (SSSR count). The molecule has 2 aliphatic heterocycles. The van der Waals surface area contributed by atoms with E-state index in [9.17, 15) is 0 Å². The van der Waals surface area contributed by atoms with Crippen LogP contribution in [0.3, 0.4) is 0 Å². The fraction of sp³-hybridized carbons (Fsp3) is 0.182. The van der Waals surface area contributed by atoms with Crippen molar-refractivity contribution in [2.45, 2.75) is 0 Å². The van der Waals surface area contributed by atoms with Crippen molar-refractivity contribution in [1.82, 2.24) is 15.6 Å². The zero-order valence-electron chi connectivity index (χ0n) is 15.0. The van der Waals surface area contributed by atoms with Crippen molar-refractivity contribution >= 4 is 34.7 Å². The highest BCUT2D eigenvalue weighted by Gasteiger charge is 2.09. The van der Waals surface area contributed by atoms with Gasteiger partial charge in [-0.25, -0.2) is 0 Å². The van der Waals surface area contributed by atoms with Gasteiger partial charge in [-0.3, -0.25) is 9.98 Å². The summed E-state index contributed by atoms with van der Waals surface area (Å²) in [5.41, 5.74) is 5.67. The number of benzene rings is 2. The minimum atomic E-state index is 0.855. The number of amidine groups is 2. The molecule has 3 heterocycles. The van der Waals surface area contributed by atoms with Crippen molar-refractivity contribution < 1.29 is 0 Å². The molecule has 1 aromatic heterocycles. The molecule has 3 aromatic rings. The minimum absolute atomic E-state index is 0.855. The first-order valence-corrected chi connectivity index (χ1v) is 9.33. The third kappa shape index (κ3) is 3.24. The molecule has 5 nitrogen and oxygen atoms in total. The number of H-pyrrole nitrogens is 1. The molecular weight excluding hydrogens is 334 g/mol. The van der Waals surface area contributed by atoms with Crippen LogP contribution in [-0.2, 0) is 0 Å². The Balaban J connectivity index is 1.35.